The van der Waals surface area contributed by atoms with Crippen molar-refractivity contribution in [1.82, 2.24) is 14.9 Å². The zero-order chi connectivity index (χ0) is 13.1. The number of carbonyl (C=O) groups excluding carboxylic acids is 1. The van der Waals surface area contributed by atoms with Crippen LogP contribution in [-0.4, -0.2) is 54.4 Å². The van der Waals surface area contributed by atoms with Gasteiger partial charge in [0.2, 0.25) is 0 Å². The van der Waals surface area contributed by atoms with Gasteiger partial charge in [-0.1, -0.05) is 11.6 Å². The Labute approximate surface area is 112 Å². The molecule has 0 saturated carbocycles. The number of halogens is 1. The molecule has 0 N–H and O–H groups in total. The van der Waals surface area contributed by atoms with Gasteiger partial charge in [0.25, 0.3) is 0 Å². The molecule has 1 saturated heterocycles. The van der Waals surface area contributed by atoms with Gasteiger partial charge in [-0.15, -0.1) is 0 Å². The van der Waals surface area contributed by atoms with Crippen molar-refractivity contribution in [1.29, 1.82) is 0 Å². The van der Waals surface area contributed by atoms with Crippen LogP contribution in [0.3, 0.4) is 0 Å². The summed E-state index contributed by atoms with van der Waals surface area (Å²) in [5.41, 5.74) is 0.376. The van der Waals surface area contributed by atoms with Crippen molar-refractivity contribution >= 4 is 23.7 Å². The number of hydrogen-bond donors (Lipinski definition) is 0. The summed E-state index contributed by atoms with van der Waals surface area (Å²) in [6.07, 6.45) is 4.25. The summed E-state index contributed by atoms with van der Waals surface area (Å²) in [6.45, 7) is 2.12. The first-order chi connectivity index (χ1) is 8.63. The fourth-order valence-electron chi connectivity index (χ4n) is 2.30. The molecule has 6 heteroatoms. The Hall–Kier alpha value is -1.20. The SMILES string of the molecule is CN1CCC(N(C)c2ncnc(Cl)c2C=O)CC1. The molecule has 1 aliphatic heterocycles. The van der Waals surface area contributed by atoms with E-state index in [1.165, 1.54) is 6.33 Å². The number of likely N-dealkylation sites (tertiary alicyclic amines) is 1. The Bertz CT molecular complexity index is 432. The van der Waals surface area contributed by atoms with Crippen LogP contribution in [-0.2, 0) is 0 Å². The molecule has 1 aromatic heterocycles. The summed E-state index contributed by atoms with van der Waals surface area (Å²) in [5.74, 6) is 0.625. The first kappa shape index (κ1) is 13.2. The standard InChI is InChI=1S/C12H17ClN4O/c1-16-5-3-9(4-6-16)17(2)12-10(7-18)11(13)14-8-15-12/h7-9H,3-6H2,1-2H3. The van der Waals surface area contributed by atoms with Gasteiger partial charge >= 0.3 is 0 Å². The second kappa shape index (κ2) is 5.63. The average Bonchev–Trinajstić information content (AvgIpc) is 2.38. The molecule has 1 fully saturated rings. The molecule has 0 atom stereocenters. The van der Waals surface area contributed by atoms with Gasteiger partial charge in [-0.2, -0.15) is 0 Å². The third-order valence-corrected chi connectivity index (χ3v) is 3.80. The maximum absolute atomic E-state index is 11.1. The molecular formula is C12H17ClN4O. The van der Waals surface area contributed by atoms with E-state index in [2.05, 4.69) is 21.9 Å². The fraction of sp³-hybridized carbons (Fsp3) is 0.583. The van der Waals surface area contributed by atoms with E-state index in [0.29, 0.717) is 17.4 Å². The molecule has 0 amide bonds. The third kappa shape index (κ3) is 2.62. The molecule has 0 aromatic carbocycles. The number of aromatic nitrogens is 2. The number of carbonyl (C=O) groups is 1. The predicted molar refractivity (Wildman–Crippen MR) is 71.4 cm³/mol. The lowest BCUT2D eigenvalue weighted by atomic mass is 10.0. The van der Waals surface area contributed by atoms with Crippen LogP contribution in [0.2, 0.25) is 5.15 Å². The van der Waals surface area contributed by atoms with Crippen LogP contribution in [0, 0.1) is 0 Å². The normalized spacial score (nSPS) is 17.7. The van der Waals surface area contributed by atoms with Gasteiger partial charge in [0.1, 0.15) is 17.3 Å². The lowest BCUT2D eigenvalue weighted by molar-refractivity contribution is 0.112. The first-order valence-corrected chi connectivity index (χ1v) is 6.38. The Kier molecular flexibility index (Phi) is 4.14. The van der Waals surface area contributed by atoms with Crippen LogP contribution in [0.15, 0.2) is 6.33 Å². The molecule has 1 aliphatic rings. The van der Waals surface area contributed by atoms with E-state index in [0.717, 1.165) is 32.2 Å². The molecule has 0 aliphatic carbocycles. The van der Waals surface area contributed by atoms with Crippen LogP contribution in [0.4, 0.5) is 5.82 Å². The molecule has 18 heavy (non-hydrogen) atoms. The highest BCUT2D eigenvalue weighted by Crippen LogP contribution is 2.25. The Morgan fingerprint density at radius 2 is 2.11 bits per heavy atom. The molecule has 98 valence electrons. The Morgan fingerprint density at radius 1 is 1.44 bits per heavy atom. The van der Waals surface area contributed by atoms with Gasteiger partial charge in [0.15, 0.2) is 6.29 Å². The number of rotatable bonds is 3. The van der Waals surface area contributed by atoms with E-state index in [1.807, 2.05) is 11.9 Å². The summed E-state index contributed by atoms with van der Waals surface area (Å²) in [7, 11) is 4.08. The largest absolute Gasteiger partial charge is 0.356 e. The van der Waals surface area contributed by atoms with Gasteiger partial charge in [0, 0.05) is 13.1 Å². The average molecular weight is 269 g/mol. The summed E-state index contributed by atoms with van der Waals surface area (Å²) < 4.78 is 0. The quantitative estimate of drug-likeness (QED) is 0.614. The summed E-state index contributed by atoms with van der Waals surface area (Å²) in [4.78, 5) is 23.5. The minimum Gasteiger partial charge on any atom is -0.356 e. The molecule has 0 radical (unpaired) electrons. The van der Waals surface area contributed by atoms with Crippen molar-refractivity contribution in [2.24, 2.45) is 0 Å². The van der Waals surface area contributed by atoms with E-state index in [9.17, 15) is 4.79 Å². The van der Waals surface area contributed by atoms with Gasteiger partial charge in [-0.3, -0.25) is 4.79 Å². The minimum atomic E-state index is 0.217. The van der Waals surface area contributed by atoms with Crippen LogP contribution < -0.4 is 4.90 Å². The van der Waals surface area contributed by atoms with Crippen LogP contribution in [0.5, 0.6) is 0 Å². The molecule has 0 unspecified atom stereocenters. The maximum Gasteiger partial charge on any atom is 0.156 e. The second-order valence-electron chi connectivity index (χ2n) is 4.66. The Balaban J connectivity index is 2.20. The third-order valence-electron chi connectivity index (χ3n) is 3.50. The van der Waals surface area contributed by atoms with Crippen LogP contribution in [0.25, 0.3) is 0 Å². The number of aldehydes is 1. The highest BCUT2D eigenvalue weighted by molar-refractivity contribution is 6.32. The van der Waals surface area contributed by atoms with Crippen molar-refractivity contribution < 1.29 is 4.79 Å². The highest BCUT2D eigenvalue weighted by Gasteiger charge is 2.24. The Morgan fingerprint density at radius 3 is 2.72 bits per heavy atom. The fourth-order valence-corrected chi connectivity index (χ4v) is 2.48. The lowest BCUT2D eigenvalue weighted by Crippen LogP contribution is -2.42. The number of nitrogens with zero attached hydrogens (tertiary/aromatic N) is 4. The summed E-state index contributed by atoms with van der Waals surface area (Å²) in [5, 5.41) is 0.217. The molecule has 1 aromatic rings. The first-order valence-electron chi connectivity index (χ1n) is 6.00. The van der Waals surface area contributed by atoms with Crippen molar-refractivity contribution in [3.8, 4) is 0 Å². The van der Waals surface area contributed by atoms with E-state index < -0.39 is 0 Å². The molecule has 0 spiro atoms. The number of piperidine rings is 1. The molecule has 5 nitrogen and oxygen atoms in total. The molecule has 2 rings (SSSR count). The zero-order valence-electron chi connectivity index (χ0n) is 10.6. The van der Waals surface area contributed by atoms with Crippen molar-refractivity contribution in [3.05, 3.63) is 17.0 Å². The van der Waals surface area contributed by atoms with Gasteiger partial charge < -0.3 is 9.80 Å². The predicted octanol–water partition coefficient (Wildman–Crippen LogP) is 1.47. The number of anilines is 1. The smallest absolute Gasteiger partial charge is 0.156 e. The van der Waals surface area contributed by atoms with Crippen LogP contribution in [0.1, 0.15) is 23.2 Å². The molecule has 0 bridgehead atoms. The van der Waals surface area contributed by atoms with Crippen LogP contribution >= 0.6 is 11.6 Å². The van der Waals surface area contributed by atoms with E-state index in [4.69, 9.17) is 11.6 Å². The topological polar surface area (TPSA) is 49.3 Å². The van der Waals surface area contributed by atoms with Crippen molar-refractivity contribution in [2.45, 2.75) is 18.9 Å². The second-order valence-corrected chi connectivity index (χ2v) is 5.02. The van der Waals surface area contributed by atoms with Gasteiger partial charge in [-0.05, 0) is 33.0 Å². The number of hydrogen-bond acceptors (Lipinski definition) is 5. The maximum atomic E-state index is 11.1. The van der Waals surface area contributed by atoms with Crippen molar-refractivity contribution in [3.63, 3.8) is 0 Å². The summed E-state index contributed by atoms with van der Waals surface area (Å²) in [6, 6.07) is 0.394. The minimum absolute atomic E-state index is 0.217. The van der Waals surface area contributed by atoms with Gasteiger partial charge in [-0.25, -0.2) is 9.97 Å². The molecular weight excluding hydrogens is 252 g/mol. The zero-order valence-corrected chi connectivity index (χ0v) is 11.4. The molecule has 2 heterocycles. The van der Waals surface area contributed by atoms with E-state index in [-0.39, 0.29) is 5.15 Å². The summed E-state index contributed by atoms with van der Waals surface area (Å²) >= 11 is 5.92. The monoisotopic (exact) mass is 268 g/mol. The van der Waals surface area contributed by atoms with E-state index >= 15 is 0 Å². The highest BCUT2D eigenvalue weighted by atomic mass is 35.5. The lowest BCUT2D eigenvalue weighted by Gasteiger charge is -2.36. The van der Waals surface area contributed by atoms with Crippen molar-refractivity contribution in [2.75, 3.05) is 32.1 Å². The van der Waals surface area contributed by atoms with E-state index in [1.54, 1.807) is 0 Å². The van der Waals surface area contributed by atoms with Gasteiger partial charge in [0.05, 0.1) is 5.56 Å².